The third kappa shape index (κ3) is 7.77. The van der Waals surface area contributed by atoms with Crippen molar-refractivity contribution < 1.29 is 10.2 Å². The summed E-state index contributed by atoms with van der Waals surface area (Å²) in [6, 6.07) is 0. The minimum absolute atomic E-state index is 0.125. The van der Waals surface area contributed by atoms with Crippen LogP contribution in [0.1, 0.15) is 66.2 Å². The molecule has 2 heteroatoms. The molecule has 0 unspecified atom stereocenters. The summed E-state index contributed by atoms with van der Waals surface area (Å²) in [5, 5.41) is 19.1. The van der Waals surface area contributed by atoms with Crippen molar-refractivity contribution in [1.82, 2.24) is 0 Å². The smallest absolute Gasteiger partial charge is 0.0509 e. The monoisotopic (exact) mass is 244 g/mol. The molecular formula is C15H32O2. The first-order valence-electron chi connectivity index (χ1n) is 7.17. The van der Waals surface area contributed by atoms with Crippen molar-refractivity contribution in [3.63, 3.8) is 0 Å². The summed E-state index contributed by atoms with van der Waals surface area (Å²) in [7, 11) is 0. The SMILES string of the molecule is CC(C)CCCC(CO)(CO)CCCC(C)C. The van der Waals surface area contributed by atoms with Gasteiger partial charge in [-0.1, -0.05) is 53.4 Å². The second-order valence-corrected chi connectivity index (χ2v) is 6.39. The molecule has 0 fully saturated rings. The third-order valence-corrected chi connectivity index (χ3v) is 3.65. The van der Waals surface area contributed by atoms with Crippen molar-refractivity contribution in [3.8, 4) is 0 Å². The van der Waals surface area contributed by atoms with E-state index < -0.39 is 0 Å². The second-order valence-electron chi connectivity index (χ2n) is 6.39. The maximum atomic E-state index is 9.55. The summed E-state index contributed by atoms with van der Waals surface area (Å²) in [5.41, 5.74) is -0.232. The average Bonchev–Trinajstić information content (AvgIpc) is 2.26. The zero-order valence-electron chi connectivity index (χ0n) is 12.2. The Kier molecular flexibility index (Phi) is 8.89. The van der Waals surface area contributed by atoms with Crippen molar-refractivity contribution in [2.45, 2.75) is 66.2 Å². The maximum absolute atomic E-state index is 9.55. The molecule has 0 aliphatic heterocycles. The van der Waals surface area contributed by atoms with E-state index in [4.69, 9.17) is 0 Å². The van der Waals surface area contributed by atoms with Gasteiger partial charge in [-0.15, -0.1) is 0 Å². The van der Waals surface area contributed by atoms with E-state index in [9.17, 15) is 10.2 Å². The Labute approximate surface area is 107 Å². The first-order chi connectivity index (χ1) is 7.95. The molecule has 0 aliphatic rings. The molecule has 17 heavy (non-hydrogen) atoms. The Hall–Kier alpha value is -0.0800. The van der Waals surface area contributed by atoms with Gasteiger partial charge in [0.25, 0.3) is 0 Å². The van der Waals surface area contributed by atoms with Gasteiger partial charge in [0, 0.05) is 5.41 Å². The van der Waals surface area contributed by atoms with Gasteiger partial charge in [-0.2, -0.15) is 0 Å². The fourth-order valence-corrected chi connectivity index (χ4v) is 2.26. The van der Waals surface area contributed by atoms with Crippen LogP contribution in [-0.2, 0) is 0 Å². The lowest BCUT2D eigenvalue weighted by Crippen LogP contribution is -2.30. The minimum Gasteiger partial charge on any atom is -0.396 e. The molecule has 0 rings (SSSR count). The molecule has 0 bridgehead atoms. The Morgan fingerprint density at radius 2 is 1.12 bits per heavy atom. The van der Waals surface area contributed by atoms with Gasteiger partial charge in [0.2, 0.25) is 0 Å². The lowest BCUT2D eigenvalue weighted by molar-refractivity contribution is 0.0342. The molecule has 0 heterocycles. The van der Waals surface area contributed by atoms with Gasteiger partial charge >= 0.3 is 0 Å². The van der Waals surface area contributed by atoms with Crippen molar-refractivity contribution in [2.75, 3.05) is 13.2 Å². The van der Waals surface area contributed by atoms with Gasteiger partial charge in [-0.3, -0.25) is 0 Å². The van der Waals surface area contributed by atoms with E-state index in [-0.39, 0.29) is 18.6 Å². The van der Waals surface area contributed by atoms with Crippen molar-refractivity contribution in [2.24, 2.45) is 17.3 Å². The normalized spacial score (nSPS) is 12.7. The second kappa shape index (κ2) is 8.93. The number of rotatable bonds is 10. The predicted octanol–water partition coefficient (Wildman–Crippen LogP) is 3.61. The third-order valence-electron chi connectivity index (χ3n) is 3.65. The van der Waals surface area contributed by atoms with E-state index in [1.54, 1.807) is 0 Å². The zero-order valence-corrected chi connectivity index (χ0v) is 12.2. The van der Waals surface area contributed by atoms with E-state index in [0.717, 1.165) is 25.7 Å². The molecule has 2 nitrogen and oxygen atoms in total. The lowest BCUT2D eigenvalue weighted by atomic mass is 9.78. The summed E-state index contributed by atoms with van der Waals surface area (Å²) in [6.45, 7) is 9.13. The van der Waals surface area contributed by atoms with Crippen LogP contribution in [0.15, 0.2) is 0 Å². The van der Waals surface area contributed by atoms with E-state index in [2.05, 4.69) is 27.7 Å². The van der Waals surface area contributed by atoms with Crippen LogP contribution in [0, 0.1) is 17.3 Å². The number of aliphatic hydroxyl groups excluding tert-OH is 2. The summed E-state index contributed by atoms with van der Waals surface area (Å²) in [5.74, 6) is 1.42. The van der Waals surface area contributed by atoms with E-state index in [1.165, 1.54) is 12.8 Å². The quantitative estimate of drug-likeness (QED) is 0.616. The van der Waals surface area contributed by atoms with Crippen LogP contribution in [0.2, 0.25) is 0 Å². The van der Waals surface area contributed by atoms with Crippen LogP contribution in [-0.4, -0.2) is 23.4 Å². The predicted molar refractivity (Wildman–Crippen MR) is 74.0 cm³/mol. The van der Waals surface area contributed by atoms with Crippen molar-refractivity contribution in [1.29, 1.82) is 0 Å². The summed E-state index contributed by atoms with van der Waals surface area (Å²) in [6.07, 6.45) is 6.51. The molecule has 104 valence electrons. The van der Waals surface area contributed by atoms with Gasteiger partial charge in [0.1, 0.15) is 0 Å². The fourth-order valence-electron chi connectivity index (χ4n) is 2.26. The largest absolute Gasteiger partial charge is 0.396 e. The van der Waals surface area contributed by atoms with Gasteiger partial charge < -0.3 is 10.2 Å². The van der Waals surface area contributed by atoms with Crippen LogP contribution in [0.3, 0.4) is 0 Å². The standard InChI is InChI=1S/C15H32O2/c1-13(2)7-5-9-15(11-16,12-17)10-6-8-14(3)4/h13-14,16-17H,5-12H2,1-4H3. The lowest BCUT2D eigenvalue weighted by Gasteiger charge is -2.30. The molecule has 0 radical (unpaired) electrons. The molecule has 0 saturated heterocycles. The molecular weight excluding hydrogens is 212 g/mol. The first kappa shape index (κ1) is 16.9. The molecule has 0 aromatic carbocycles. The van der Waals surface area contributed by atoms with E-state index in [1.807, 2.05) is 0 Å². The highest BCUT2D eigenvalue weighted by Crippen LogP contribution is 2.31. The van der Waals surface area contributed by atoms with Gasteiger partial charge in [0.05, 0.1) is 13.2 Å². The van der Waals surface area contributed by atoms with Crippen LogP contribution < -0.4 is 0 Å². The highest BCUT2D eigenvalue weighted by atomic mass is 16.3. The summed E-state index contributed by atoms with van der Waals surface area (Å²) in [4.78, 5) is 0. The molecule has 0 spiro atoms. The maximum Gasteiger partial charge on any atom is 0.0509 e. The first-order valence-corrected chi connectivity index (χ1v) is 7.17. The van der Waals surface area contributed by atoms with Crippen molar-refractivity contribution in [3.05, 3.63) is 0 Å². The van der Waals surface area contributed by atoms with Crippen LogP contribution in [0.4, 0.5) is 0 Å². The number of hydrogen-bond donors (Lipinski definition) is 2. The van der Waals surface area contributed by atoms with Gasteiger partial charge in [-0.05, 0) is 24.7 Å². The summed E-state index contributed by atoms with van der Waals surface area (Å²) < 4.78 is 0. The average molecular weight is 244 g/mol. The minimum atomic E-state index is -0.232. The van der Waals surface area contributed by atoms with Crippen LogP contribution in [0.5, 0.6) is 0 Å². The Balaban J connectivity index is 4.06. The number of hydrogen-bond acceptors (Lipinski definition) is 2. The Bertz CT molecular complexity index is 156. The number of aliphatic hydroxyl groups is 2. The molecule has 0 atom stereocenters. The topological polar surface area (TPSA) is 40.5 Å². The zero-order chi connectivity index (χ0) is 13.3. The Morgan fingerprint density at radius 3 is 1.35 bits per heavy atom. The molecule has 0 aromatic heterocycles. The summed E-state index contributed by atoms with van der Waals surface area (Å²) >= 11 is 0. The van der Waals surface area contributed by atoms with E-state index >= 15 is 0 Å². The fraction of sp³-hybridized carbons (Fsp3) is 1.00. The molecule has 0 aromatic rings. The molecule has 2 N–H and O–H groups in total. The van der Waals surface area contributed by atoms with E-state index in [0.29, 0.717) is 11.8 Å². The highest BCUT2D eigenvalue weighted by Gasteiger charge is 2.27. The van der Waals surface area contributed by atoms with Crippen molar-refractivity contribution >= 4 is 0 Å². The highest BCUT2D eigenvalue weighted by molar-refractivity contribution is 4.78. The van der Waals surface area contributed by atoms with Gasteiger partial charge in [-0.25, -0.2) is 0 Å². The molecule has 0 saturated carbocycles. The molecule has 0 aliphatic carbocycles. The Morgan fingerprint density at radius 1 is 0.765 bits per heavy atom. The van der Waals surface area contributed by atoms with Crippen LogP contribution >= 0.6 is 0 Å². The van der Waals surface area contributed by atoms with Gasteiger partial charge in [0.15, 0.2) is 0 Å². The molecule has 0 amide bonds. The van der Waals surface area contributed by atoms with Crippen LogP contribution in [0.25, 0.3) is 0 Å².